The topological polar surface area (TPSA) is 78.1 Å². The van der Waals surface area contributed by atoms with Crippen molar-refractivity contribution in [3.63, 3.8) is 0 Å². The SMILES string of the molecule is CC(C)C(CNC(=O)c1ccc(=O)[nH]n1)N(C)C. The number of carbonyl (C=O) groups excluding carboxylic acids is 1. The molecule has 6 heteroatoms. The first-order valence-electron chi connectivity index (χ1n) is 5.92. The summed E-state index contributed by atoms with van der Waals surface area (Å²) in [6, 6.07) is 2.96. The zero-order valence-corrected chi connectivity index (χ0v) is 11.2. The zero-order chi connectivity index (χ0) is 13.7. The number of H-pyrrole nitrogens is 1. The molecule has 0 aliphatic heterocycles. The highest BCUT2D eigenvalue weighted by atomic mass is 16.2. The highest BCUT2D eigenvalue weighted by molar-refractivity contribution is 5.91. The van der Waals surface area contributed by atoms with Crippen LogP contribution in [-0.4, -0.2) is 47.7 Å². The van der Waals surface area contributed by atoms with Crippen LogP contribution >= 0.6 is 0 Å². The van der Waals surface area contributed by atoms with E-state index >= 15 is 0 Å². The molecule has 0 radical (unpaired) electrons. The molecular weight excluding hydrogens is 232 g/mol. The molecule has 1 atom stereocenters. The first-order chi connectivity index (χ1) is 8.41. The molecule has 1 aromatic heterocycles. The van der Waals surface area contributed by atoms with Crippen LogP contribution in [0.25, 0.3) is 0 Å². The molecule has 0 bridgehead atoms. The van der Waals surface area contributed by atoms with Gasteiger partial charge < -0.3 is 10.2 Å². The summed E-state index contributed by atoms with van der Waals surface area (Å²) in [5, 5.41) is 8.74. The summed E-state index contributed by atoms with van der Waals surface area (Å²) in [5.74, 6) is 0.155. The lowest BCUT2D eigenvalue weighted by Gasteiger charge is -2.27. The number of aromatic amines is 1. The first-order valence-corrected chi connectivity index (χ1v) is 5.92. The summed E-state index contributed by atoms with van der Waals surface area (Å²) >= 11 is 0. The van der Waals surface area contributed by atoms with Crippen LogP contribution in [0.2, 0.25) is 0 Å². The van der Waals surface area contributed by atoms with E-state index < -0.39 is 0 Å². The number of hydrogen-bond donors (Lipinski definition) is 2. The van der Waals surface area contributed by atoms with Gasteiger partial charge in [-0.2, -0.15) is 5.10 Å². The summed E-state index contributed by atoms with van der Waals surface area (Å²) in [6.45, 7) is 4.76. The zero-order valence-electron chi connectivity index (χ0n) is 11.2. The molecule has 1 aromatic rings. The van der Waals surface area contributed by atoms with Gasteiger partial charge in [0.2, 0.25) is 0 Å². The normalized spacial score (nSPS) is 12.8. The molecule has 6 nitrogen and oxygen atoms in total. The maximum Gasteiger partial charge on any atom is 0.271 e. The van der Waals surface area contributed by atoms with Gasteiger partial charge in [-0.1, -0.05) is 13.8 Å². The van der Waals surface area contributed by atoms with E-state index in [0.717, 1.165) is 0 Å². The molecule has 1 rings (SSSR count). The fourth-order valence-electron chi connectivity index (χ4n) is 1.77. The lowest BCUT2D eigenvalue weighted by Crippen LogP contribution is -2.43. The van der Waals surface area contributed by atoms with Crippen LogP contribution in [0.3, 0.4) is 0 Å². The highest BCUT2D eigenvalue weighted by Crippen LogP contribution is 2.06. The van der Waals surface area contributed by atoms with Crippen molar-refractivity contribution in [3.05, 3.63) is 28.2 Å². The van der Waals surface area contributed by atoms with E-state index in [0.29, 0.717) is 12.5 Å². The van der Waals surface area contributed by atoms with E-state index in [1.165, 1.54) is 12.1 Å². The molecule has 2 N–H and O–H groups in total. The van der Waals surface area contributed by atoms with Gasteiger partial charge in [-0.3, -0.25) is 9.59 Å². The predicted octanol–water partition coefficient (Wildman–Crippen LogP) is 0.0859. The van der Waals surface area contributed by atoms with Crippen LogP contribution in [-0.2, 0) is 0 Å². The largest absolute Gasteiger partial charge is 0.349 e. The minimum absolute atomic E-state index is 0.218. The second kappa shape index (κ2) is 6.30. The third-order valence-corrected chi connectivity index (χ3v) is 2.82. The Labute approximate surface area is 106 Å². The molecule has 0 aliphatic carbocycles. The third-order valence-electron chi connectivity index (χ3n) is 2.82. The van der Waals surface area contributed by atoms with Crippen LogP contribution in [0.15, 0.2) is 16.9 Å². The smallest absolute Gasteiger partial charge is 0.271 e. The van der Waals surface area contributed by atoms with Crippen molar-refractivity contribution in [2.24, 2.45) is 5.92 Å². The van der Waals surface area contributed by atoms with Crippen LogP contribution in [0.4, 0.5) is 0 Å². The predicted molar refractivity (Wildman–Crippen MR) is 69.5 cm³/mol. The molecule has 0 saturated carbocycles. The molecule has 0 spiro atoms. The van der Waals surface area contributed by atoms with Gasteiger partial charge in [0.05, 0.1) is 0 Å². The Bertz CT molecular complexity index is 425. The second-order valence-electron chi connectivity index (χ2n) is 4.79. The van der Waals surface area contributed by atoms with E-state index in [-0.39, 0.29) is 23.2 Å². The Morgan fingerprint density at radius 3 is 2.56 bits per heavy atom. The molecule has 1 heterocycles. The van der Waals surface area contributed by atoms with E-state index in [1.54, 1.807) is 0 Å². The summed E-state index contributed by atoms with van der Waals surface area (Å²) in [4.78, 5) is 24.7. The van der Waals surface area contributed by atoms with Gasteiger partial charge in [0.25, 0.3) is 11.5 Å². The minimum atomic E-state index is -0.320. The van der Waals surface area contributed by atoms with E-state index in [2.05, 4.69) is 34.3 Å². The molecule has 0 aliphatic rings. The van der Waals surface area contributed by atoms with Gasteiger partial charge in [-0.25, -0.2) is 5.10 Å². The van der Waals surface area contributed by atoms with Crippen molar-refractivity contribution in [2.45, 2.75) is 19.9 Å². The fourth-order valence-corrected chi connectivity index (χ4v) is 1.77. The average molecular weight is 252 g/mol. The van der Waals surface area contributed by atoms with E-state index in [9.17, 15) is 9.59 Å². The molecule has 1 amide bonds. The molecular formula is C12H20N4O2. The number of nitrogens with zero attached hydrogens (tertiary/aromatic N) is 2. The van der Waals surface area contributed by atoms with Crippen molar-refractivity contribution in [2.75, 3.05) is 20.6 Å². The Hall–Kier alpha value is -1.69. The van der Waals surface area contributed by atoms with Crippen molar-refractivity contribution in [1.82, 2.24) is 20.4 Å². The second-order valence-corrected chi connectivity index (χ2v) is 4.79. The number of aromatic nitrogens is 2. The number of rotatable bonds is 5. The van der Waals surface area contributed by atoms with Crippen molar-refractivity contribution in [3.8, 4) is 0 Å². The van der Waals surface area contributed by atoms with Gasteiger partial charge in [0.15, 0.2) is 0 Å². The standard InChI is InChI=1S/C12H20N4O2/c1-8(2)10(16(3)4)7-13-12(18)9-5-6-11(17)15-14-9/h5-6,8,10H,7H2,1-4H3,(H,13,18)(H,15,17). The molecule has 0 fully saturated rings. The van der Waals surface area contributed by atoms with Gasteiger partial charge in [-0.05, 0) is 26.1 Å². The van der Waals surface area contributed by atoms with Crippen molar-refractivity contribution < 1.29 is 4.79 Å². The molecule has 0 saturated heterocycles. The molecule has 100 valence electrons. The number of hydrogen-bond acceptors (Lipinski definition) is 4. The number of carbonyl (C=O) groups is 1. The first kappa shape index (κ1) is 14.4. The lowest BCUT2D eigenvalue weighted by atomic mass is 10.0. The summed E-state index contributed by atoms with van der Waals surface area (Å²) in [7, 11) is 3.96. The van der Waals surface area contributed by atoms with Crippen molar-refractivity contribution >= 4 is 5.91 Å². The Morgan fingerprint density at radius 2 is 2.11 bits per heavy atom. The molecule has 1 unspecified atom stereocenters. The Morgan fingerprint density at radius 1 is 1.44 bits per heavy atom. The Kier molecular flexibility index (Phi) is 5.03. The van der Waals surface area contributed by atoms with Gasteiger partial charge in [0.1, 0.15) is 5.69 Å². The quantitative estimate of drug-likeness (QED) is 0.778. The van der Waals surface area contributed by atoms with Crippen LogP contribution < -0.4 is 10.9 Å². The highest BCUT2D eigenvalue weighted by Gasteiger charge is 2.17. The van der Waals surface area contributed by atoms with Gasteiger partial charge in [-0.15, -0.1) is 0 Å². The number of amides is 1. The summed E-state index contributed by atoms with van der Waals surface area (Å²) in [6.07, 6.45) is 0. The van der Waals surface area contributed by atoms with Crippen LogP contribution in [0, 0.1) is 5.92 Å². The fraction of sp³-hybridized carbons (Fsp3) is 0.583. The monoisotopic (exact) mass is 252 g/mol. The average Bonchev–Trinajstić information content (AvgIpc) is 2.28. The van der Waals surface area contributed by atoms with Gasteiger partial charge in [0, 0.05) is 18.7 Å². The lowest BCUT2D eigenvalue weighted by molar-refractivity contribution is 0.0928. The van der Waals surface area contributed by atoms with E-state index in [1.807, 2.05) is 14.1 Å². The third kappa shape index (κ3) is 3.96. The van der Waals surface area contributed by atoms with Gasteiger partial charge >= 0.3 is 0 Å². The maximum atomic E-state index is 11.8. The molecule has 0 aromatic carbocycles. The van der Waals surface area contributed by atoms with Crippen molar-refractivity contribution in [1.29, 1.82) is 0 Å². The van der Waals surface area contributed by atoms with E-state index in [4.69, 9.17) is 0 Å². The minimum Gasteiger partial charge on any atom is -0.349 e. The Balaban J connectivity index is 2.60. The van der Waals surface area contributed by atoms with Crippen LogP contribution in [0.1, 0.15) is 24.3 Å². The maximum absolute atomic E-state index is 11.8. The number of nitrogens with one attached hydrogen (secondary N) is 2. The van der Waals surface area contributed by atoms with Crippen LogP contribution in [0.5, 0.6) is 0 Å². The summed E-state index contributed by atoms with van der Waals surface area (Å²) < 4.78 is 0. The molecule has 18 heavy (non-hydrogen) atoms. The number of likely N-dealkylation sites (N-methyl/N-ethyl adjacent to an activating group) is 1. The summed E-state index contributed by atoms with van der Waals surface area (Å²) in [5.41, 5.74) is -0.101.